The Morgan fingerprint density at radius 3 is 2.47 bits per heavy atom. The quantitative estimate of drug-likeness (QED) is 0.856. The highest BCUT2D eigenvalue weighted by Crippen LogP contribution is 2.28. The largest absolute Gasteiger partial charge is 0.358 e. The number of carbonyl (C=O) groups excluding carboxylic acids is 1. The molecule has 2 aromatic rings. The van der Waals surface area contributed by atoms with E-state index in [2.05, 4.69) is 37.9 Å². The molecule has 90 valence electrons. The van der Waals surface area contributed by atoms with Crippen LogP contribution in [0.15, 0.2) is 12.1 Å². The number of rotatable bonds is 3. The molecule has 0 aliphatic carbocycles. The second-order valence-electron chi connectivity index (χ2n) is 4.88. The molecule has 1 aromatic carbocycles. The maximum absolute atomic E-state index is 11.1. The topological polar surface area (TPSA) is 32.9 Å². The molecule has 2 rings (SSSR count). The molecule has 0 radical (unpaired) electrons. The minimum absolute atomic E-state index is 0.254. The molecular formula is C15H19NO. The van der Waals surface area contributed by atoms with Crippen LogP contribution in [0.5, 0.6) is 0 Å². The summed E-state index contributed by atoms with van der Waals surface area (Å²) in [5.74, 6) is 0.254. The highest BCUT2D eigenvalue weighted by atomic mass is 16.1. The summed E-state index contributed by atoms with van der Waals surface area (Å²) < 4.78 is 0. The zero-order valence-corrected chi connectivity index (χ0v) is 11.0. The molecule has 2 heteroatoms. The summed E-state index contributed by atoms with van der Waals surface area (Å²) in [6.45, 7) is 8.00. The fraction of sp³-hybridized carbons (Fsp3) is 0.400. The van der Waals surface area contributed by atoms with E-state index in [4.69, 9.17) is 0 Å². The van der Waals surface area contributed by atoms with E-state index in [0.717, 1.165) is 6.42 Å². The molecule has 0 aliphatic rings. The van der Waals surface area contributed by atoms with Crippen LogP contribution < -0.4 is 0 Å². The van der Waals surface area contributed by atoms with Gasteiger partial charge < -0.3 is 9.78 Å². The van der Waals surface area contributed by atoms with Crippen LogP contribution in [-0.2, 0) is 11.2 Å². The molecule has 0 amide bonds. The van der Waals surface area contributed by atoms with E-state index in [1.165, 1.54) is 33.3 Å². The van der Waals surface area contributed by atoms with Crippen molar-refractivity contribution in [2.45, 2.75) is 40.5 Å². The summed E-state index contributed by atoms with van der Waals surface area (Å²) >= 11 is 0. The smallest absolute Gasteiger partial charge is 0.130 e. The van der Waals surface area contributed by atoms with Crippen LogP contribution in [-0.4, -0.2) is 10.8 Å². The van der Waals surface area contributed by atoms with Crippen molar-refractivity contribution < 1.29 is 4.79 Å². The van der Waals surface area contributed by atoms with Crippen LogP contribution in [0.2, 0.25) is 0 Å². The lowest BCUT2D eigenvalue weighted by atomic mass is 9.99. The summed E-state index contributed by atoms with van der Waals surface area (Å²) in [6, 6.07) is 4.30. The van der Waals surface area contributed by atoms with Gasteiger partial charge in [0.15, 0.2) is 0 Å². The maximum atomic E-state index is 11.1. The van der Waals surface area contributed by atoms with E-state index < -0.39 is 0 Å². The molecule has 1 N–H and O–H groups in total. The number of aromatic amines is 1. The van der Waals surface area contributed by atoms with Gasteiger partial charge in [-0.3, -0.25) is 0 Å². The Bertz CT molecular complexity index is 578. The number of aromatic nitrogens is 1. The van der Waals surface area contributed by atoms with Crippen molar-refractivity contribution in [2.75, 3.05) is 0 Å². The number of aryl methyl sites for hydroxylation is 4. The first kappa shape index (κ1) is 11.9. The van der Waals surface area contributed by atoms with Crippen molar-refractivity contribution in [1.29, 1.82) is 0 Å². The Kier molecular flexibility index (Phi) is 3.05. The minimum atomic E-state index is 0.254. The number of hydrogen-bond acceptors (Lipinski definition) is 1. The Morgan fingerprint density at radius 2 is 1.82 bits per heavy atom. The highest BCUT2D eigenvalue weighted by Gasteiger charge is 2.12. The predicted molar refractivity (Wildman–Crippen MR) is 71.5 cm³/mol. The number of H-pyrrole nitrogens is 1. The van der Waals surface area contributed by atoms with Crippen molar-refractivity contribution in [3.05, 3.63) is 34.5 Å². The maximum Gasteiger partial charge on any atom is 0.130 e. The van der Waals surface area contributed by atoms with Gasteiger partial charge in [0.1, 0.15) is 5.78 Å². The van der Waals surface area contributed by atoms with Crippen LogP contribution in [0.4, 0.5) is 0 Å². The van der Waals surface area contributed by atoms with Gasteiger partial charge in [0.25, 0.3) is 0 Å². The van der Waals surface area contributed by atoms with E-state index in [1.54, 1.807) is 6.92 Å². The molecule has 0 atom stereocenters. The van der Waals surface area contributed by atoms with Crippen LogP contribution in [0, 0.1) is 20.8 Å². The number of Topliss-reactive ketones (excluding diaryl/α,β-unsaturated/α-hetero) is 1. The molecule has 2 nitrogen and oxygen atoms in total. The molecule has 1 heterocycles. The van der Waals surface area contributed by atoms with E-state index >= 15 is 0 Å². The van der Waals surface area contributed by atoms with Crippen LogP contribution >= 0.6 is 0 Å². The van der Waals surface area contributed by atoms with Crippen molar-refractivity contribution in [2.24, 2.45) is 0 Å². The molecular weight excluding hydrogens is 210 g/mol. The summed E-state index contributed by atoms with van der Waals surface area (Å²) in [5, 5.41) is 1.31. The molecule has 0 bridgehead atoms. The van der Waals surface area contributed by atoms with Gasteiger partial charge in [0, 0.05) is 23.0 Å². The van der Waals surface area contributed by atoms with Crippen LogP contribution in [0.1, 0.15) is 35.7 Å². The van der Waals surface area contributed by atoms with Crippen molar-refractivity contribution in [1.82, 2.24) is 4.98 Å². The van der Waals surface area contributed by atoms with Crippen molar-refractivity contribution in [3.63, 3.8) is 0 Å². The average Bonchev–Trinajstić information content (AvgIpc) is 2.59. The lowest BCUT2D eigenvalue weighted by molar-refractivity contribution is -0.116. The third kappa shape index (κ3) is 2.12. The lowest BCUT2D eigenvalue weighted by Crippen LogP contribution is -1.95. The number of carbonyl (C=O) groups is 1. The highest BCUT2D eigenvalue weighted by molar-refractivity contribution is 5.90. The molecule has 0 saturated heterocycles. The zero-order chi connectivity index (χ0) is 12.6. The Hall–Kier alpha value is -1.57. The molecule has 1 aromatic heterocycles. The molecule has 0 saturated carbocycles. The van der Waals surface area contributed by atoms with Gasteiger partial charge in [0.2, 0.25) is 0 Å². The van der Waals surface area contributed by atoms with Crippen LogP contribution in [0.3, 0.4) is 0 Å². The first-order valence-electron chi connectivity index (χ1n) is 6.07. The van der Waals surface area contributed by atoms with E-state index in [-0.39, 0.29) is 5.78 Å². The van der Waals surface area contributed by atoms with Gasteiger partial charge in [0.05, 0.1) is 0 Å². The number of fused-ring (bicyclic) bond motifs is 1. The second kappa shape index (κ2) is 4.36. The number of hydrogen-bond donors (Lipinski definition) is 1. The predicted octanol–water partition coefficient (Wildman–Crippen LogP) is 3.61. The zero-order valence-electron chi connectivity index (χ0n) is 11.0. The lowest BCUT2D eigenvalue weighted by Gasteiger charge is -2.03. The van der Waals surface area contributed by atoms with Gasteiger partial charge in [-0.15, -0.1) is 0 Å². The molecule has 0 spiro atoms. The number of ketones is 1. The third-order valence-electron chi connectivity index (χ3n) is 3.42. The Balaban J connectivity index is 2.58. The second-order valence-corrected chi connectivity index (χ2v) is 4.88. The molecule has 17 heavy (non-hydrogen) atoms. The van der Waals surface area contributed by atoms with Crippen molar-refractivity contribution in [3.8, 4) is 0 Å². The Morgan fingerprint density at radius 1 is 1.18 bits per heavy atom. The van der Waals surface area contributed by atoms with E-state index in [9.17, 15) is 4.79 Å². The van der Waals surface area contributed by atoms with Crippen LogP contribution in [0.25, 0.3) is 10.9 Å². The molecule has 0 unspecified atom stereocenters. The summed E-state index contributed by atoms with van der Waals surface area (Å²) in [4.78, 5) is 14.6. The van der Waals surface area contributed by atoms with Gasteiger partial charge in [-0.1, -0.05) is 12.1 Å². The summed E-state index contributed by atoms with van der Waals surface area (Å²) in [7, 11) is 0. The Labute approximate surface area is 102 Å². The summed E-state index contributed by atoms with van der Waals surface area (Å²) in [6.07, 6.45) is 1.46. The third-order valence-corrected chi connectivity index (χ3v) is 3.42. The fourth-order valence-electron chi connectivity index (χ4n) is 2.42. The minimum Gasteiger partial charge on any atom is -0.358 e. The SMILES string of the molecule is CC(=O)CCc1c(C)[nH]c2c(C)ccc(C)c12. The monoisotopic (exact) mass is 229 g/mol. The number of nitrogens with one attached hydrogen (secondary N) is 1. The fourth-order valence-corrected chi connectivity index (χ4v) is 2.42. The first-order chi connectivity index (χ1) is 8.00. The first-order valence-corrected chi connectivity index (χ1v) is 6.07. The van der Waals surface area contributed by atoms with Gasteiger partial charge in [-0.25, -0.2) is 0 Å². The average molecular weight is 229 g/mol. The van der Waals surface area contributed by atoms with Crippen molar-refractivity contribution >= 4 is 16.7 Å². The van der Waals surface area contributed by atoms with E-state index in [1.807, 2.05) is 0 Å². The van der Waals surface area contributed by atoms with Gasteiger partial charge in [-0.2, -0.15) is 0 Å². The van der Waals surface area contributed by atoms with Gasteiger partial charge >= 0.3 is 0 Å². The summed E-state index contributed by atoms with van der Waals surface area (Å²) in [5.41, 5.74) is 6.27. The normalized spacial score (nSPS) is 11.1. The molecule has 0 fully saturated rings. The standard InChI is InChI=1S/C15H19NO/c1-9-5-6-10(2)15-14(9)13(12(4)16-15)8-7-11(3)17/h5-6,16H,7-8H2,1-4H3. The van der Waals surface area contributed by atoms with E-state index in [0.29, 0.717) is 6.42 Å². The van der Waals surface area contributed by atoms with Gasteiger partial charge in [-0.05, 0) is 50.8 Å². The molecule has 0 aliphatic heterocycles. The number of benzene rings is 1.